The van der Waals surface area contributed by atoms with Gasteiger partial charge in [-0.25, -0.2) is 4.98 Å². The fourth-order valence-corrected chi connectivity index (χ4v) is 4.23. The first-order valence-corrected chi connectivity index (χ1v) is 11.5. The van der Waals surface area contributed by atoms with Crippen LogP contribution in [-0.4, -0.2) is 32.8 Å². The Hall–Kier alpha value is -3.06. The second-order valence-corrected chi connectivity index (χ2v) is 8.33. The lowest BCUT2D eigenvalue weighted by Crippen LogP contribution is -2.21. The number of anilines is 1. The molecule has 2 aromatic carbocycles. The normalized spacial score (nSPS) is 11.1. The minimum atomic E-state index is 0.641. The van der Waals surface area contributed by atoms with Gasteiger partial charge < -0.3 is 13.9 Å². The summed E-state index contributed by atoms with van der Waals surface area (Å²) in [6.45, 7) is 8.39. The van der Waals surface area contributed by atoms with Crippen LogP contribution in [0.4, 0.5) is 5.69 Å². The molecule has 0 spiro atoms. The van der Waals surface area contributed by atoms with E-state index in [4.69, 9.17) is 4.42 Å². The monoisotopic (exact) mass is 433 g/mol. The molecular formula is C24H27N5OS. The first-order chi connectivity index (χ1) is 15.1. The lowest BCUT2D eigenvalue weighted by molar-refractivity contribution is 0.573. The molecule has 2 heterocycles. The Morgan fingerprint density at radius 1 is 0.935 bits per heavy atom. The molecule has 0 fully saturated rings. The average molecular weight is 434 g/mol. The highest BCUT2D eigenvalue weighted by Crippen LogP contribution is 2.27. The average Bonchev–Trinajstić information content (AvgIpc) is 3.41. The lowest BCUT2D eigenvalue weighted by Gasteiger charge is -2.21. The van der Waals surface area contributed by atoms with E-state index in [1.807, 2.05) is 23.7 Å². The summed E-state index contributed by atoms with van der Waals surface area (Å²) in [5, 5.41) is 9.64. The molecule has 7 heteroatoms. The predicted octanol–water partition coefficient (Wildman–Crippen LogP) is 5.58. The number of hydrogen-bond acceptors (Lipinski definition) is 6. The van der Waals surface area contributed by atoms with E-state index in [1.54, 1.807) is 18.0 Å². The third-order valence-corrected chi connectivity index (χ3v) is 6.34. The summed E-state index contributed by atoms with van der Waals surface area (Å²) in [5.74, 6) is 2.17. The number of oxazole rings is 1. The van der Waals surface area contributed by atoms with Crippen LogP contribution in [0.25, 0.3) is 22.8 Å². The number of nitrogens with zero attached hydrogens (tertiary/aromatic N) is 5. The minimum absolute atomic E-state index is 0.641. The molecule has 0 aliphatic heterocycles. The maximum atomic E-state index is 5.66. The molecule has 31 heavy (non-hydrogen) atoms. The van der Waals surface area contributed by atoms with Gasteiger partial charge in [0.2, 0.25) is 5.89 Å². The largest absolute Gasteiger partial charge is 0.444 e. The molecule has 0 aliphatic rings. The quantitative estimate of drug-likeness (QED) is 0.338. The van der Waals surface area contributed by atoms with E-state index < -0.39 is 0 Å². The maximum absolute atomic E-state index is 5.66. The maximum Gasteiger partial charge on any atom is 0.226 e. The van der Waals surface area contributed by atoms with E-state index in [9.17, 15) is 0 Å². The Morgan fingerprint density at radius 2 is 1.61 bits per heavy atom. The molecule has 0 saturated carbocycles. The van der Waals surface area contributed by atoms with E-state index in [2.05, 4.69) is 77.3 Å². The number of hydrogen-bond donors (Lipinski definition) is 0. The molecule has 2 aromatic heterocycles. The summed E-state index contributed by atoms with van der Waals surface area (Å²) >= 11 is 1.60. The Kier molecular flexibility index (Phi) is 6.42. The van der Waals surface area contributed by atoms with Crippen LogP contribution in [0.2, 0.25) is 0 Å². The van der Waals surface area contributed by atoms with Crippen molar-refractivity contribution in [1.82, 2.24) is 19.7 Å². The van der Waals surface area contributed by atoms with Gasteiger partial charge in [-0.1, -0.05) is 29.5 Å². The first-order valence-electron chi connectivity index (χ1n) is 10.5. The van der Waals surface area contributed by atoms with Crippen molar-refractivity contribution < 1.29 is 4.42 Å². The third-order valence-electron chi connectivity index (χ3n) is 5.29. The molecule has 0 amide bonds. The first kappa shape index (κ1) is 21.2. The van der Waals surface area contributed by atoms with E-state index in [0.29, 0.717) is 11.6 Å². The van der Waals surface area contributed by atoms with Crippen molar-refractivity contribution in [3.63, 3.8) is 0 Å². The SMILES string of the molecule is CCN(CC)c1ccc(-c2nnc(SCc3coc(-c4ccc(C)cc4)n3)n2C)cc1. The number of aryl methyl sites for hydroxylation is 1. The Morgan fingerprint density at radius 3 is 2.29 bits per heavy atom. The highest BCUT2D eigenvalue weighted by atomic mass is 32.2. The molecule has 4 rings (SSSR count). The molecule has 4 aromatic rings. The summed E-state index contributed by atoms with van der Waals surface area (Å²) < 4.78 is 7.69. The van der Waals surface area contributed by atoms with Crippen molar-refractivity contribution in [2.24, 2.45) is 7.05 Å². The van der Waals surface area contributed by atoms with Gasteiger partial charge in [0, 0.05) is 42.7 Å². The number of benzene rings is 2. The molecule has 0 N–H and O–H groups in total. The van der Waals surface area contributed by atoms with Crippen molar-refractivity contribution in [2.75, 3.05) is 18.0 Å². The van der Waals surface area contributed by atoms with Crippen molar-refractivity contribution in [1.29, 1.82) is 0 Å². The van der Waals surface area contributed by atoms with Crippen LogP contribution in [0.1, 0.15) is 25.1 Å². The summed E-state index contributed by atoms with van der Waals surface area (Å²) in [5.41, 5.74) is 5.36. The van der Waals surface area contributed by atoms with Crippen LogP contribution in [-0.2, 0) is 12.8 Å². The lowest BCUT2D eigenvalue weighted by atomic mass is 10.1. The molecule has 0 unspecified atom stereocenters. The summed E-state index contributed by atoms with van der Waals surface area (Å²) in [4.78, 5) is 6.94. The Bertz CT molecular complexity index is 1130. The zero-order valence-corrected chi connectivity index (χ0v) is 19.2. The summed E-state index contributed by atoms with van der Waals surface area (Å²) in [6, 6.07) is 16.7. The van der Waals surface area contributed by atoms with Gasteiger partial charge in [0.05, 0.1) is 5.69 Å². The zero-order chi connectivity index (χ0) is 21.8. The smallest absolute Gasteiger partial charge is 0.226 e. The highest BCUT2D eigenvalue weighted by molar-refractivity contribution is 7.98. The van der Waals surface area contributed by atoms with E-state index in [-0.39, 0.29) is 0 Å². The standard InChI is InChI=1S/C24H27N5OS/c1-5-29(6-2)21-13-11-18(12-14-21)22-26-27-24(28(22)4)31-16-20-15-30-23(25-20)19-9-7-17(3)8-10-19/h7-15H,5-6,16H2,1-4H3. The van der Waals surface area contributed by atoms with Crippen molar-refractivity contribution in [3.05, 3.63) is 66.1 Å². The Balaban J connectivity index is 1.44. The van der Waals surface area contributed by atoms with Crippen LogP contribution in [0.3, 0.4) is 0 Å². The molecule has 160 valence electrons. The third kappa shape index (κ3) is 4.66. The van der Waals surface area contributed by atoms with Gasteiger partial charge in [-0.15, -0.1) is 10.2 Å². The molecule has 0 bridgehead atoms. The van der Waals surface area contributed by atoms with Crippen molar-refractivity contribution >= 4 is 17.4 Å². The topological polar surface area (TPSA) is 60.0 Å². The second kappa shape index (κ2) is 9.39. The van der Waals surface area contributed by atoms with E-state index in [1.165, 1.54) is 11.3 Å². The van der Waals surface area contributed by atoms with Gasteiger partial charge in [-0.3, -0.25) is 0 Å². The van der Waals surface area contributed by atoms with Gasteiger partial charge in [0.25, 0.3) is 0 Å². The fraction of sp³-hybridized carbons (Fsp3) is 0.292. The predicted molar refractivity (Wildman–Crippen MR) is 126 cm³/mol. The van der Waals surface area contributed by atoms with Crippen LogP contribution in [0.15, 0.2) is 64.4 Å². The summed E-state index contributed by atoms with van der Waals surface area (Å²) in [7, 11) is 2.00. The van der Waals surface area contributed by atoms with Crippen LogP contribution in [0.5, 0.6) is 0 Å². The van der Waals surface area contributed by atoms with Gasteiger partial charge in [-0.2, -0.15) is 0 Å². The van der Waals surface area contributed by atoms with Gasteiger partial charge in [0.1, 0.15) is 6.26 Å². The number of aromatic nitrogens is 4. The molecule has 6 nitrogen and oxygen atoms in total. The number of thioether (sulfide) groups is 1. The Labute approximate surface area is 187 Å². The molecule has 0 atom stereocenters. The van der Waals surface area contributed by atoms with Gasteiger partial charge >= 0.3 is 0 Å². The van der Waals surface area contributed by atoms with Crippen LogP contribution < -0.4 is 4.90 Å². The molecule has 0 radical (unpaired) electrons. The van der Waals surface area contributed by atoms with E-state index in [0.717, 1.165) is 40.9 Å². The zero-order valence-electron chi connectivity index (χ0n) is 18.4. The van der Waals surface area contributed by atoms with Crippen LogP contribution >= 0.6 is 11.8 Å². The van der Waals surface area contributed by atoms with E-state index >= 15 is 0 Å². The van der Waals surface area contributed by atoms with Crippen molar-refractivity contribution in [3.8, 4) is 22.8 Å². The van der Waals surface area contributed by atoms with Gasteiger partial charge in [0.15, 0.2) is 11.0 Å². The highest BCUT2D eigenvalue weighted by Gasteiger charge is 2.14. The number of rotatable bonds is 8. The second-order valence-electron chi connectivity index (χ2n) is 7.38. The minimum Gasteiger partial charge on any atom is -0.444 e. The fourth-order valence-electron chi connectivity index (χ4n) is 3.44. The van der Waals surface area contributed by atoms with Gasteiger partial charge in [-0.05, 0) is 57.2 Å². The summed E-state index contributed by atoms with van der Waals surface area (Å²) in [6.07, 6.45) is 1.71. The molecule has 0 aliphatic carbocycles. The molecular weight excluding hydrogens is 406 g/mol. The van der Waals surface area contributed by atoms with Crippen molar-refractivity contribution in [2.45, 2.75) is 31.7 Å². The van der Waals surface area contributed by atoms with Crippen LogP contribution in [0, 0.1) is 6.92 Å². The molecule has 0 saturated heterocycles.